The van der Waals surface area contributed by atoms with Crippen molar-refractivity contribution in [2.45, 2.75) is 32.2 Å². The number of nitrogens with one attached hydrogen (secondary N) is 1. The highest BCUT2D eigenvalue weighted by molar-refractivity contribution is 5.76. The lowest BCUT2D eigenvalue weighted by atomic mass is 10.2. The van der Waals surface area contributed by atoms with Crippen molar-refractivity contribution in [1.29, 1.82) is 0 Å². The van der Waals surface area contributed by atoms with Crippen LogP contribution < -0.4 is 5.32 Å². The van der Waals surface area contributed by atoms with Gasteiger partial charge >= 0.3 is 12.0 Å². The van der Waals surface area contributed by atoms with Crippen molar-refractivity contribution in [2.24, 2.45) is 0 Å². The smallest absolute Gasteiger partial charge is 0.318 e. The average Bonchev–Trinajstić information content (AvgIpc) is 3.09. The lowest BCUT2D eigenvalue weighted by molar-refractivity contribution is -0.142. The molecular formula is C14H20N2O4. The molecule has 6 nitrogen and oxygen atoms in total. The number of hydrogen-bond donors (Lipinski definition) is 1. The molecule has 110 valence electrons. The van der Waals surface area contributed by atoms with Crippen LogP contribution in [0.1, 0.15) is 38.0 Å². The first-order chi connectivity index (χ1) is 9.72. The molecular weight excluding hydrogens is 260 g/mol. The molecule has 0 spiro atoms. The Morgan fingerprint density at radius 2 is 2.40 bits per heavy atom. The summed E-state index contributed by atoms with van der Waals surface area (Å²) in [5, 5.41) is 2.75. The van der Waals surface area contributed by atoms with Crippen molar-refractivity contribution >= 4 is 12.0 Å². The molecule has 0 aliphatic carbocycles. The Balaban J connectivity index is 1.81. The fraction of sp³-hybridized carbons (Fsp3) is 0.571. The monoisotopic (exact) mass is 280 g/mol. The third-order valence-corrected chi connectivity index (χ3v) is 3.30. The number of ether oxygens (including phenoxy) is 1. The predicted molar refractivity (Wildman–Crippen MR) is 72.0 cm³/mol. The standard InChI is InChI=1S/C14H20N2O4/c1-2-19-13(17)7-8-15-14(18)16-9-3-5-11(16)12-6-4-10-20-12/h4,6,10-11H,2-3,5,7-9H2,1H3,(H,15,18)/t11-/m0/s1. The van der Waals surface area contributed by atoms with Crippen LogP contribution in [0.15, 0.2) is 22.8 Å². The fourth-order valence-corrected chi connectivity index (χ4v) is 2.39. The number of esters is 1. The summed E-state index contributed by atoms with van der Waals surface area (Å²) in [5.41, 5.74) is 0. The van der Waals surface area contributed by atoms with Crippen LogP contribution in [0, 0.1) is 0 Å². The van der Waals surface area contributed by atoms with Gasteiger partial charge in [-0.2, -0.15) is 0 Å². The number of carbonyl (C=O) groups excluding carboxylic acids is 2. The highest BCUT2D eigenvalue weighted by atomic mass is 16.5. The van der Waals surface area contributed by atoms with Gasteiger partial charge in [-0.15, -0.1) is 0 Å². The van der Waals surface area contributed by atoms with E-state index in [0.717, 1.165) is 18.6 Å². The van der Waals surface area contributed by atoms with Gasteiger partial charge in [0.1, 0.15) is 5.76 Å². The zero-order valence-corrected chi connectivity index (χ0v) is 11.6. The van der Waals surface area contributed by atoms with Gasteiger partial charge in [0.05, 0.1) is 25.3 Å². The second-order valence-electron chi connectivity index (χ2n) is 4.65. The number of hydrogen-bond acceptors (Lipinski definition) is 4. The number of amides is 2. The predicted octanol–water partition coefficient (Wildman–Crippen LogP) is 2.08. The van der Waals surface area contributed by atoms with Crippen LogP contribution in [0.5, 0.6) is 0 Å². The normalized spacial score (nSPS) is 18.1. The number of rotatable bonds is 5. The molecule has 1 aromatic rings. The summed E-state index contributed by atoms with van der Waals surface area (Å²) in [4.78, 5) is 25.1. The molecule has 1 aliphatic heterocycles. The maximum absolute atomic E-state index is 12.1. The van der Waals surface area contributed by atoms with E-state index in [1.54, 1.807) is 18.1 Å². The minimum Gasteiger partial charge on any atom is -0.467 e. The first kappa shape index (κ1) is 14.4. The quantitative estimate of drug-likeness (QED) is 0.838. The van der Waals surface area contributed by atoms with Crippen LogP contribution in [-0.2, 0) is 9.53 Å². The number of urea groups is 1. The Kier molecular flexibility index (Phi) is 5.03. The second-order valence-corrected chi connectivity index (χ2v) is 4.65. The van der Waals surface area contributed by atoms with E-state index >= 15 is 0 Å². The van der Waals surface area contributed by atoms with Crippen LogP contribution in [0.25, 0.3) is 0 Å². The van der Waals surface area contributed by atoms with Crippen molar-refractivity contribution in [1.82, 2.24) is 10.2 Å². The van der Waals surface area contributed by atoms with E-state index in [0.29, 0.717) is 19.7 Å². The molecule has 0 radical (unpaired) electrons. The Morgan fingerprint density at radius 3 is 3.10 bits per heavy atom. The summed E-state index contributed by atoms with van der Waals surface area (Å²) in [5.74, 6) is 0.514. The van der Waals surface area contributed by atoms with Gasteiger partial charge in [-0.25, -0.2) is 4.79 Å². The molecule has 1 fully saturated rings. The number of carbonyl (C=O) groups is 2. The first-order valence-corrected chi connectivity index (χ1v) is 6.96. The minimum absolute atomic E-state index is 0.00686. The van der Waals surface area contributed by atoms with Crippen LogP contribution in [0.3, 0.4) is 0 Å². The molecule has 6 heteroatoms. The molecule has 0 aromatic carbocycles. The van der Waals surface area contributed by atoms with Crippen LogP contribution in [-0.4, -0.2) is 36.6 Å². The summed E-state index contributed by atoms with van der Waals surface area (Å²) >= 11 is 0. The molecule has 1 atom stereocenters. The van der Waals surface area contributed by atoms with Gasteiger partial charge in [0.25, 0.3) is 0 Å². The number of likely N-dealkylation sites (tertiary alicyclic amines) is 1. The average molecular weight is 280 g/mol. The van der Waals surface area contributed by atoms with Gasteiger partial charge in [-0.3, -0.25) is 4.79 Å². The van der Waals surface area contributed by atoms with Crippen LogP contribution in [0.4, 0.5) is 4.79 Å². The van der Waals surface area contributed by atoms with Gasteiger partial charge in [-0.1, -0.05) is 0 Å². The summed E-state index contributed by atoms with van der Waals surface area (Å²) in [7, 11) is 0. The lowest BCUT2D eigenvalue weighted by Crippen LogP contribution is -2.40. The molecule has 1 saturated heterocycles. The minimum atomic E-state index is -0.295. The van der Waals surface area contributed by atoms with Crippen molar-refractivity contribution < 1.29 is 18.7 Å². The summed E-state index contributed by atoms with van der Waals surface area (Å²) in [6.07, 6.45) is 3.67. The molecule has 0 saturated carbocycles. The van der Waals surface area contributed by atoms with E-state index in [1.807, 2.05) is 12.1 Å². The van der Waals surface area contributed by atoms with Gasteiger partial charge in [0.15, 0.2) is 0 Å². The summed E-state index contributed by atoms with van der Waals surface area (Å²) in [6, 6.07) is 3.54. The summed E-state index contributed by atoms with van der Waals surface area (Å²) in [6.45, 7) is 3.11. The number of furan rings is 1. The zero-order valence-electron chi connectivity index (χ0n) is 11.6. The molecule has 20 heavy (non-hydrogen) atoms. The topological polar surface area (TPSA) is 71.8 Å². The highest BCUT2D eigenvalue weighted by Crippen LogP contribution is 2.31. The largest absolute Gasteiger partial charge is 0.467 e. The Morgan fingerprint density at radius 1 is 1.55 bits per heavy atom. The van der Waals surface area contributed by atoms with Crippen molar-refractivity contribution in [3.05, 3.63) is 24.2 Å². The lowest BCUT2D eigenvalue weighted by Gasteiger charge is -2.23. The van der Waals surface area contributed by atoms with Crippen molar-refractivity contribution in [2.75, 3.05) is 19.7 Å². The van der Waals surface area contributed by atoms with Gasteiger partial charge < -0.3 is 19.4 Å². The van der Waals surface area contributed by atoms with Crippen LogP contribution in [0.2, 0.25) is 0 Å². The molecule has 0 unspecified atom stereocenters. The first-order valence-electron chi connectivity index (χ1n) is 6.96. The molecule has 2 heterocycles. The van der Waals surface area contributed by atoms with Crippen molar-refractivity contribution in [3.8, 4) is 0 Å². The third-order valence-electron chi connectivity index (χ3n) is 3.30. The molecule has 2 amide bonds. The molecule has 1 aromatic heterocycles. The zero-order chi connectivity index (χ0) is 14.4. The molecule has 2 rings (SSSR count). The maximum atomic E-state index is 12.1. The SMILES string of the molecule is CCOC(=O)CCNC(=O)N1CCC[C@H]1c1ccco1. The Hall–Kier alpha value is -1.98. The molecule has 0 bridgehead atoms. The van der Waals surface area contributed by atoms with Gasteiger partial charge in [0, 0.05) is 13.1 Å². The Labute approximate surface area is 118 Å². The maximum Gasteiger partial charge on any atom is 0.318 e. The van der Waals surface area contributed by atoms with E-state index in [-0.39, 0.29) is 24.5 Å². The number of nitrogens with zero attached hydrogens (tertiary/aromatic N) is 1. The Bertz CT molecular complexity index is 444. The van der Waals surface area contributed by atoms with Gasteiger partial charge in [-0.05, 0) is 31.9 Å². The molecule has 1 aliphatic rings. The van der Waals surface area contributed by atoms with E-state index in [9.17, 15) is 9.59 Å². The van der Waals surface area contributed by atoms with Gasteiger partial charge in [0.2, 0.25) is 0 Å². The van der Waals surface area contributed by atoms with E-state index < -0.39 is 0 Å². The van der Waals surface area contributed by atoms with Crippen molar-refractivity contribution in [3.63, 3.8) is 0 Å². The fourth-order valence-electron chi connectivity index (χ4n) is 2.39. The van der Waals surface area contributed by atoms with E-state index in [2.05, 4.69) is 5.32 Å². The third kappa shape index (κ3) is 3.53. The summed E-state index contributed by atoms with van der Waals surface area (Å²) < 4.78 is 10.2. The van der Waals surface area contributed by atoms with E-state index in [1.165, 1.54) is 0 Å². The van der Waals surface area contributed by atoms with E-state index in [4.69, 9.17) is 9.15 Å². The molecule has 1 N–H and O–H groups in total. The second kappa shape index (κ2) is 6.98. The highest BCUT2D eigenvalue weighted by Gasteiger charge is 2.31. The van der Waals surface area contributed by atoms with Crippen LogP contribution >= 0.6 is 0 Å².